The summed E-state index contributed by atoms with van der Waals surface area (Å²) in [6, 6.07) is 11.9. The van der Waals surface area contributed by atoms with Crippen LogP contribution in [-0.2, 0) is 10.8 Å². The van der Waals surface area contributed by atoms with Crippen molar-refractivity contribution in [2.75, 3.05) is 48.3 Å². The Balaban J connectivity index is 1.55. The van der Waals surface area contributed by atoms with Gasteiger partial charge in [0.05, 0.1) is 44.3 Å². The maximum absolute atomic E-state index is 14.3. The Kier molecular flexibility index (Phi) is 10.8. The van der Waals surface area contributed by atoms with Gasteiger partial charge in [0.1, 0.15) is 0 Å². The summed E-state index contributed by atoms with van der Waals surface area (Å²) >= 11 is 0. The zero-order chi connectivity index (χ0) is 42.6. The molecule has 0 aliphatic heterocycles. The quantitative estimate of drug-likeness (QED) is 0.0863. The van der Waals surface area contributed by atoms with Gasteiger partial charge in [0.15, 0.2) is 22.3 Å². The second-order valence-corrected chi connectivity index (χ2v) is 16.6. The first kappa shape index (κ1) is 41.3. The van der Waals surface area contributed by atoms with Crippen LogP contribution in [0.2, 0.25) is 0 Å². The molecule has 0 bridgehead atoms. The van der Waals surface area contributed by atoms with Crippen molar-refractivity contribution in [2.24, 2.45) is 0 Å². The number of carbonyl (C=O) groups excluding carboxylic acids is 3. The molecule has 6 aromatic rings. The second-order valence-electron chi connectivity index (χ2n) is 16.6. The normalized spacial score (nSPS) is 12.0. The van der Waals surface area contributed by atoms with E-state index >= 15 is 0 Å². The predicted octanol–water partition coefficient (Wildman–Crippen LogP) is 8.57. The van der Waals surface area contributed by atoms with Gasteiger partial charge in [-0.3, -0.25) is 19.2 Å². The van der Waals surface area contributed by atoms with Gasteiger partial charge < -0.3 is 40.7 Å². The van der Waals surface area contributed by atoms with Crippen LogP contribution < -0.4 is 33.0 Å². The highest BCUT2D eigenvalue weighted by Gasteiger charge is 2.26. The fourth-order valence-corrected chi connectivity index (χ4v) is 7.14. The summed E-state index contributed by atoms with van der Waals surface area (Å²) in [6.07, 6.45) is 0. The van der Waals surface area contributed by atoms with Gasteiger partial charge in [0.2, 0.25) is 10.9 Å². The fraction of sp³-hybridized carbons (Fsp3) is 0.356. The predicted molar refractivity (Wildman–Crippen MR) is 233 cm³/mol. The summed E-state index contributed by atoms with van der Waals surface area (Å²) in [6.45, 7) is 21.0. The van der Waals surface area contributed by atoms with Gasteiger partial charge in [-0.05, 0) is 98.2 Å². The molecule has 0 unspecified atom stereocenters. The van der Waals surface area contributed by atoms with Gasteiger partial charge in [-0.25, -0.2) is 4.79 Å². The number of hydrogen-bond acceptors (Lipinski definition) is 9. The first-order valence-corrected chi connectivity index (χ1v) is 19.6. The minimum Gasteiger partial charge on any atom is -0.451 e. The zero-order valence-corrected chi connectivity index (χ0v) is 34.9. The number of carbonyl (C=O) groups is 3. The van der Waals surface area contributed by atoms with Crippen molar-refractivity contribution in [3.05, 3.63) is 91.2 Å². The van der Waals surface area contributed by atoms with Crippen LogP contribution in [0.15, 0.2) is 67.0 Å². The van der Waals surface area contributed by atoms with Crippen LogP contribution in [-0.4, -0.2) is 53.8 Å². The molecule has 58 heavy (non-hydrogen) atoms. The molecule has 304 valence electrons. The number of fused-ring (bicyclic) bond motifs is 4. The van der Waals surface area contributed by atoms with E-state index in [0.717, 1.165) is 11.1 Å². The number of nitrogens with one attached hydrogen (secondary N) is 2. The van der Waals surface area contributed by atoms with Crippen LogP contribution in [0.3, 0.4) is 0 Å². The van der Waals surface area contributed by atoms with Crippen LogP contribution in [0, 0.1) is 0 Å². The Morgan fingerprint density at radius 2 is 0.862 bits per heavy atom. The molecule has 4 amide bonds. The largest absolute Gasteiger partial charge is 0.451 e. The van der Waals surface area contributed by atoms with Crippen LogP contribution in [0.5, 0.6) is 0 Å². The maximum Gasteiger partial charge on any atom is 0.323 e. The molecule has 2 heterocycles. The van der Waals surface area contributed by atoms with E-state index in [1.54, 1.807) is 34.1 Å². The van der Waals surface area contributed by atoms with Crippen LogP contribution in [0.1, 0.15) is 101 Å². The lowest BCUT2D eigenvalue weighted by molar-refractivity contribution is 0.0765. The lowest BCUT2D eigenvalue weighted by atomic mass is 9.86. The summed E-state index contributed by atoms with van der Waals surface area (Å²) < 4.78 is 12.6. The minimum atomic E-state index is -0.847. The van der Waals surface area contributed by atoms with Gasteiger partial charge in [-0.15, -0.1) is 0 Å². The monoisotopic (exact) mass is 788 g/mol. The molecule has 0 radical (unpaired) electrons. The minimum absolute atomic E-state index is 0.00534. The topological polar surface area (TPSA) is 194 Å². The molecule has 0 spiro atoms. The molecule has 0 saturated heterocycles. The van der Waals surface area contributed by atoms with E-state index in [9.17, 15) is 24.0 Å². The number of benzene rings is 4. The highest BCUT2D eigenvalue weighted by Crippen LogP contribution is 2.36. The molecule has 13 heteroatoms. The van der Waals surface area contributed by atoms with E-state index < -0.39 is 16.9 Å². The molecule has 0 fully saturated rings. The summed E-state index contributed by atoms with van der Waals surface area (Å²) in [5.74, 6) is -0.709. The van der Waals surface area contributed by atoms with Crippen LogP contribution >= 0.6 is 0 Å². The SMILES string of the molecule is CCN(CC)C(=O)c1cc(NC(=O)Nc2cc(C(=O)N(CC)CC)cc3c(=O)c4cc(C(C)(C)C)cc(N)c4oc23)c2oc3c(N)cc(C(C)(C)C)cc3c(=O)c2c1. The highest BCUT2D eigenvalue weighted by atomic mass is 16.3. The van der Waals surface area contributed by atoms with Gasteiger partial charge in [-0.1, -0.05) is 41.5 Å². The standard InChI is InChI=1S/C45H52N6O7/c1-11-50(12-2)41(54)23-15-27-35(52)29-19-25(44(5,6)7)21-31(46)37(29)57-39(27)33(17-23)48-43(56)49-34-18-24(42(55)51(13-3)14-4)16-28-36(53)30-20-26(45(8,9)10)22-32(47)38(30)58-40(28)34/h15-22H,11-14,46-47H2,1-10H3,(H2,48,49,56). The van der Waals surface area contributed by atoms with Crippen molar-refractivity contribution in [2.45, 2.75) is 80.1 Å². The molecule has 4 aromatic carbocycles. The first-order valence-electron chi connectivity index (χ1n) is 19.6. The lowest BCUT2D eigenvalue weighted by Gasteiger charge is -2.21. The summed E-state index contributed by atoms with van der Waals surface area (Å²) in [4.78, 5) is 73.4. The zero-order valence-electron chi connectivity index (χ0n) is 34.9. The number of hydrogen-bond donors (Lipinski definition) is 4. The third-order valence-electron chi connectivity index (χ3n) is 10.6. The van der Waals surface area contributed by atoms with E-state index in [-0.39, 0.29) is 100 Å². The van der Waals surface area contributed by atoms with Gasteiger partial charge in [0.25, 0.3) is 11.8 Å². The molecular formula is C45H52N6O7. The molecule has 6 N–H and O–H groups in total. The number of nitrogen functional groups attached to an aromatic ring is 2. The molecule has 6 rings (SSSR count). The summed E-state index contributed by atoms with van der Waals surface area (Å²) in [7, 11) is 0. The van der Waals surface area contributed by atoms with E-state index in [0.29, 0.717) is 26.2 Å². The molecule has 0 aliphatic carbocycles. The van der Waals surface area contributed by atoms with E-state index in [1.807, 2.05) is 69.2 Å². The Labute approximate surface area is 336 Å². The lowest BCUT2D eigenvalue weighted by Crippen LogP contribution is -2.31. The van der Waals surface area contributed by atoms with E-state index in [1.165, 1.54) is 24.3 Å². The molecular weight excluding hydrogens is 737 g/mol. The molecule has 0 saturated carbocycles. The average molecular weight is 789 g/mol. The first-order chi connectivity index (χ1) is 27.2. The van der Waals surface area contributed by atoms with Crippen LogP contribution in [0.25, 0.3) is 43.9 Å². The smallest absolute Gasteiger partial charge is 0.323 e. The Hall–Kier alpha value is -6.37. The number of urea groups is 1. The molecule has 0 aliphatic rings. The number of amides is 4. The van der Waals surface area contributed by atoms with Crippen molar-refractivity contribution in [3.8, 4) is 0 Å². The number of nitrogens with zero attached hydrogens (tertiary/aromatic N) is 2. The summed E-state index contributed by atoms with van der Waals surface area (Å²) in [5.41, 5.74) is 14.1. The Bertz CT molecular complexity index is 2590. The van der Waals surface area contributed by atoms with Crippen molar-refractivity contribution in [1.29, 1.82) is 0 Å². The van der Waals surface area contributed by atoms with Crippen molar-refractivity contribution in [1.82, 2.24) is 9.80 Å². The summed E-state index contributed by atoms with van der Waals surface area (Å²) in [5, 5.41) is 6.11. The number of anilines is 4. The van der Waals surface area contributed by atoms with E-state index in [2.05, 4.69) is 10.6 Å². The van der Waals surface area contributed by atoms with Gasteiger partial charge >= 0.3 is 6.03 Å². The average Bonchev–Trinajstić information content (AvgIpc) is 3.16. The van der Waals surface area contributed by atoms with Crippen molar-refractivity contribution < 1.29 is 23.2 Å². The fourth-order valence-electron chi connectivity index (χ4n) is 7.14. The van der Waals surface area contributed by atoms with Crippen LogP contribution in [0.4, 0.5) is 27.5 Å². The maximum atomic E-state index is 14.3. The second kappa shape index (κ2) is 15.2. The van der Waals surface area contributed by atoms with E-state index in [4.69, 9.17) is 20.3 Å². The molecule has 2 aromatic heterocycles. The number of rotatable bonds is 8. The van der Waals surface area contributed by atoms with Crippen molar-refractivity contribution in [3.63, 3.8) is 0 Å². The molecule has 0 atom stereocenters. The Morgan fingerprint density at radius 3 is 1.17 bits per heavy atom. The third-order valence-corrected chi connectivity index (χ3v) is 10.6. The Morgan fingerprint density at radius 1 is 0.534 bits per heavy atom. The highest BCUT2D eigenvalue weighted by molar-refractivity contribution is 6.13. The third kappa shape index (κ3) is 7.44. The van der Waals surface area contributed by atoms with Gasteiger partial charge in [0, 0.05) is 37.3 Å². The van der Waals surface area contributed by atoms with Crippen molar-refractivity contribution >= 4 is 84.5 Å². The van der Waals surface area contributed by atoms with Gasteiger partial charge in [-0.2, -0.15) is 0 Å². The molecule has 13 nitrogen and oxygen atoms in total. The number of nitrogens with two attached hydrogens (primary N) is 2.